The van der Waals surface area contributed by atoms with Crippen LogP contribution in [0.1, 0.15) is 43.8 Å². The average molecular weight is 267 g/mol. The summed E-state index contributed by atoms with van der Waals surface area (Å²) in [5, 5.41) is 3.58. The van der Waals surface area contributed by atoms with Crippen LogP contribution in [-0.4, -0.2) is 18.7 Å². The van der Waals surface area contributed by atoms with Gasteiger partial charge in [0.1, 0.15) is 0 Å². The molecular weight excluding hydrogens is 248 g/mol. The molecule has 4 heteroatoms. The Morgan fingerprint density at radius 3 is 2.53 bits per heavy atom. The average Bonchev–Trinajstić information content (AvgIpc) is 2.44. The van der Waals surface area contributed by atoms with Gasteiger partial charge in [-0.15, -0.1) is 0 Å². The van der Waals surface area contributed by atoms with Gasteiger partial charge in [-0.2, -0.15) is 0 Å². The van der Waals surface area contributed by atoms with Crippen molar-refractivity contribution in [3.05, 3.63) is 35.4 Å². The zero-order valence-electron chi connectivity index (χ0n) is 10.9. The molecule has 2 fully saturated rings. The van der Waals surface area contributed by atoms with Crippen molar-refractivity contribution in [2.45, 2.75) is 43.7 Å². The molecule has 19 heavy (non-hydrogen) atoms. The maximum atomic E-state index is 13.2. The molecule has 1 aliphatic carbocycles. The van der Waals surface area contributed by atoms with E-state index < -0.39 is 11.6 Å². The normalized spacial score (nSPS) is 26.5. The second-order valence-corrected chi connectivity index (χ2v) is 5.70. The lowest BCUT2D eigenvalue weighted by Crippen LogP contribution is -2.55. The number of halogens is 2. The zero-order valence-corrected chi connectivity index (χ0v) is 10.9. The minimum absolute atomic E-state index is 0.118. The van der Waals surface area contributed by atoms with Gasteiger partial charge >= 0.3 is 0 Å². The van der Waals surface area contributed by atoms with Crippen LogP contribution < -0.4 is 5.32 Å². The van der Waals surface area contributed by atoms with Gasteiger partial charge in [-0.25, -0.2) is 8.78 Å². The quantitative estimate of drug-likeness (QED) is 0.842. The molecule has 104 valence electrons. The molecule has 0 aromatic heterocycles. The minimum Gasteiger partial charge on any atom is -0.370 e. The van der Waals surface area contributed by atoms with Gasteiger partial charge in [0.2, 0.25) is 0 Å². The molecule has 1 saturated carbocycles. The van der Waals surface area contributed by atoms with Crippen LogP contribution in [0.25, 0.3) is 0 Å². The summed E-state index contributed by atoms with van der Waals surface area (Å²) < 4.78 is 32.1. The third-order valence-electron chi connectivity index (χ3n) is 4.35. The van der Waals surface area contributed by atoms with Gasteiger partial charge in [-0.05, 0) is 30.5 Å². The molecule has 1 heterocycles. The van der Waals surface area contributed by atoms with E-state index in [4.69, 9.17) is 4.74 Å². The summed E-state index contributed by atoms with van der Waals surface area (Å²) in [5.41, 5.74) is 0.824. The van der Waals surface area contributed by atoms with E-state index in [-0.39, 0.29) is 11.6 Å². The molecule has 1 saturated heterocycles. The molecule has 1 spiro atoms. The van der Waals surface area contributed by atoms with Crippen molar-refractivity contribution >= 4 is 0 Å². The highest BCUT2D eigenvalue weighted by atomic mass is 19.2. The van der Waals surface area contributed by atoms with Crippen LogP contribution in [0, 0.1) is 11.6 Å². The van der Waals surface area contributed by atoms with E-state index in [2.05, 4.69) is 5.32 Å². The predicted molar refractivity (Wildman–Crippen MR) is 68.9 cm³/mol. The predicted octanol–water partition coefficient (Wildman–Crippen LogP) is 3.33. The molecular formula is C15H19F2NO. The highest BCUT2D eigenvalue weighted by Gasteiger charge is 2.37. The van der Waals surface area contributed by atoms with Crippen LogP contribution in [0.4, 0.5) is 8.78 Å². The summed E-state index contributed by atoms with van der Waals surface area (Å²) in [6.45, 7) is 1.34. The number of hydrogen-bond donors (Lipinski definition) is 1. The lowest BCUT2D eigenvalue weighted by atomic mass is 9.81. The SMILES string of the molecule is Fc1ccc(C2CNC3(CCCCC3)CO2)cc1F. The Labute approximate surface area is 112 Å². The second kappa shape index (κ2) is 5.17. The van der Waals surface area contributed by atoms with Crippen molar-refractivity contribution in [2.24, 2.45) is 0 Å². The van der Waals surface area contributed by atoms with E-state index >= 15 is 0 Å². The summed E-state index contributed by atoms with van der Waals surface area (Å²) in [6.07, 6.45) is 5.91. The van der Waals surface area contributed by atoms with E-state index in [9.17, 15) is 8.78 Å². The van der Waals surface area contributed by atoms with Crippen LogP contribution in [0.5, 0.6) is 0 Å². The van der Waals surface area contributed by atoms with Crippen LogP contribution in [0.2, 0.25) is 0 Å². The molecule has 2 aliphatic rings. The molecule has 0 radical (unpaired) electrons. The Bertz CT molecular complexity index is 447. The largest absolute Gasteiger partial charge is 0.370 e. The van der Waals surface area contributed by atoms with Crippen LogP contribution in [0.15, 0.2) is 18.2 Å². The fourth-order valence-electron chi connectivity index (χ4n) is 3.16. The van der Waals surface area contributed by atoms with E-state index in [1.54, 1.807) is 6.07 Å². The smallest absolute Gasteiger partial charge is 0.159 e. The van der Waals surface area contributed by atoms with E-state index in [1.807, 2.05) is 0 Å². The van der Waals surface area contributed by atoms with E-state index in [0.717, 1.165) is 12.8 Å². The number of morpholine rings is 1. The maximum absolute atomic E-state index is 13.2. The molecule has 1 N–H and O–H groups in total. The van der Waals surface area contributed by atoms with Gasteiger partial charge in [-0.3, -0.25) is 0 Å². The summed E-state index contributed by atoms with van der Waals surface area (Å²) in [7, 11) is 0. The topological polar surface area (TPSA) is 21.3 Å². The van der Waals surface area contributed by atoms with Gasteiger partial charge in [0, 0.05) is 12.1 Å². The number of ether oxygens (including phenoxy) is 1. The summed E-state index contributed by atoms with van der Waals surface area (Å²) in [6, 6.07) is 4.00. The van der Waals surface area contributed by atoms with Crippen LogP contribution in [-0.2, 0) is 4.74 Å². The van der Waals surface area contributed by atoms with Crippen LogP contribution >= 0.6 is 0 Å². The van der Waals surface area contributed by atoms with Gasteiger partial charge in [0.25, 0.3) is 0 Å². The monoisotopic (exact) mass is 267 g/mol. The van der Waals surface area contributed by atoms with Gasteiger partial charge < -0.3 is 10.1 Å². The van der Waals surface area contributed by atoms with Crippen molar-refractivity contribution < 1.29 is 13.5 Å². The summed E-state index contributed by atoms with van der Waals surface area (Å²) in [5.74, 6) is -1.62. The highest BCUT2D eigenvalue weighted by Crippen LogP contribution is 2.34. The summed E-state index contributed by atoms with van der Waals surface area (Å²) >= 11 is 0. The molecule has 1 atom stereocenters. The Hall–Kier alpha value is -1.00. The first kappa shape index (κ1) is 13.0. The van der Waals surface area contributed by atoms with Gasteiger partial charge in [-0.1, -0.05) is 25.3 Å². The van der Waals surface area contributed by atoms with Crippen molar-refractivity contribution in [2.75, 3.05) is 13.2 Å². The van der Waals surface area contributed by atoms with E-state index in [0.29, 0.717) is 18.7 Å². The highest BCUT2D eigenvalue weighted by molar-refractivity contribution is 5.21. The van der Waals surface area contributed by atoms with Crippen molar-refractivity contribution in [1.82, 2.24) is 5.32 Å². The fraction of sp³-hybridized carbons (Fsp3) is 0.600. The van der Waals surface area contributed by atoms with Crippen molar-refractivity contribution in [3.8, 4) is 0 Å². The van der Waals surface area contributed by atoms with Crippen LogP contribution in [0.3, 0.4) is 0 Å². The Kier molecular flexibility index (Phi) is 3.54. The molecule has 1 aliphatic heterocycles. The van der Waals surface area contributed by atoms with Gasteiger partial charge in [0.15, 0.2) is 11.6 Å². The van der Waals surface area contributed by atoms with Gasteiger partial charge in [0.05, 0.1) is 12.7 Å². The number of benzene rings is 1. The molecule has 0 bridgehead atoms. The number of hydrogen-bond acceptors (Lipinski definition) is 2. The standard InChI is InChI=1S/C15H19F2NO/c16-12-5-4-11(8-13(12)17)14-9-18-15(10-19-14)6-2-1-3-7-15/h4-5,8,14,18H,1-3,6-7,9-10H2. The number of nitrogens with one attached hydrogen (secondary N) is 1. The Balaban J connectivity index is 1.67. The van der Waals surface area contributed by atoms with E-state index in [1.165, 1.54) is 31.4 Å². The Morgan fingerprint density at radius 2 is 1.89 bits per heavy atom. The van der Waals surface area contributed by atoms with Crippen molar-refractivity contribution in [3.63, 3.8) is 0 Å². The molecule has 1 aromatic rings. The first-order valence-corrected chi connectivity index (χ1v) is 7.00. The molecule has 2 nitrogen and oxygen atoms in total. The minimum atomic E-state index is -0.809. The fourth-order valence-corrected chi connectivity index (χ4v) is 3.16. The van der Waals surface area contributed by atoms with Crippen molar-refractivity contribution in [1.29, 1.82) is 0 Å². The maximum Gasteiger partial charge on any atom is 0.159 e. The second-order valence-electron chi connectivity index (χ2n) is 5.70. The molecule has 1 unspecified atom stereocenters. The lowest BCUT2D eigenvalue weighted by Gasteiger charge is -2.43. The molecule has 3 rings (SSSR count). The number of rotatable bonds is 1. The first-order chi connectivity index (χ1) is 9.19. The molecule has 1 aromatic carbocycles. The Morgan fingerprint density at radius 1 is 1.11 bits per heavy atom. The third kappa shape index (κ3) is 2.65. The lowest BCUT2D eigenvalue weighted by molar-refractivity contribution is -0.0468. The molecule has 0 amide bonds. The third-order valence-corrected chi connectivity index (χ3v) is 4.35. The zero-order chi connectivity index (χ0) is 13.3. The first-order valence-electron chi connectivity index (χ1n) is 7.00. The summed E-state index contributed by atoms with van der Waals surface area (Å²) in [4.78, 5) is 0.